The molecule has 0 spiro atoms. The minimum Gasteiger partial charge on any atom is -0.497 e. The van der Waals surface area contributed by atoms with E-state index in [4.69, 9.17) is 14.5 Å². The van der Waals surface area contributed by atoms with Crippen LogP contribution in [-0.4, -0.2) is 44.8 Å². The highest BCUT2D eigenvalue weighted by Crippen LogP contribution is 2.50. The predicted molar refractivity (Wildman–Crippen MR) is 167 cm³/mol. The number of alkyl halides is 3. The number of ether oxygens (including phenoxy) is 2. The monoisotopic (exact) mass is 691 g/mol. The van der Waals surface area contributed by atoms with Crippen LogP contribution in [0.2, 0.25) is 0 Å². The highest BCUT2D eigenvalue weighted by Gasteiger charge is 2.54. The minimum absolute atomic E-state index is 0.0596. The average Bonchev–Trinajstić information content (AvgIpc) is 3.02. The molecule has 0 aromatic heterocycles. The fourth-order valence-electron chi connectivity index (χ4n) is 5.82. The molecule has 14 heteroatoms. The van der Waals surface area contributed by atoms with Crippen LogP contribution in [0.15, 0.2) is 89.9 Å². The van der Waals surface area contributed by atoms with Crippen LogP contribution >= 0.6 is 0 Å². The van der Waals surface area contributed by atoms with Gasteiger partial charge < -0.3 is 14.4 Å². The number of rotatable bonds is 8. The lowest BCUT2D eigenvalue weighted by Gasteiger charge is -2.45. The van der Waals surface area contributed by atoms with Crippen molar-refractivity contribution in [1.82, 2.24) is 9.21 Å². The normalized spacial score (nSPS) is 19.1. The second-order valence-electron chi connectivity index (χ2n) is 11.4. The van der Waals surface area contributed by atoms with Gasteiger partial charge in [-0.05, 0) is 60.0 Å². The number of hydrogen-bond donors (Lipinski definition) is 0. The molecule has 4 aromatic carbocycles. The van der Waals surface area contributed by atoms with Crippen LogP contribution in [0.3, 0.4) is 0 Å². The van der Waals surface area contributed by atoms with Gasteiger partial charge in [-0.1, -0.05) is 36.4 Å². The molecule has 0 amide bonds. The minimum atomic E-state index is -4.73. The molecule has 254 valence electrons. The highest BCUT2D eigenvalue weighted by molar-refractivity contribution is 7.90. The summed E-state index contributed by atoms with van der Waals surface area (Å²) in [7, 11) is -0.479. The Morgan fingerprint density at radius 2 is 1.27 bits per heavy atom. The molecule has 7 nitrogen and oxygen atoms in total. The summed E-state index contributed by atoms with van der Waals surface area (Å²) in [6, 6.07) is 17.9. The fourth-order valence-corrected chi connectivity index (χ4v) is 7.78. The lowest BCUT2D eigenvalue weighted by Crippen LogP contribution is -2.54. The third-order valence-electron chi connectivity index (χ3n) is 8.21. The van der Waals surface area contributed by atoms with E-state index in [9.17, 15) is 26.0 Å². The summed E-state index contributed by atoms with van der Waals surface area (Å²) in [5.41, 5.74) is -3.06. The van der Waals surface area contributed by atoms with Crippen LogP contribution in [0.1, 0.15) is 40.0 Å². The topological polar surface area (TPSA) is 71.4 Å². The van der Waals surface area contributed by atoms with E-state index in [0.717, 1.165) is 23.4 Å². The SMILES string of the molecule is COc1ccc(CN(Cc2ccc(OC)cc2)C2=NC(C)(c3c(F)cc(F)cc3F)C(c3ccc(C(F)(F)F)cc3)S(=O)(=O)N2C)cc1. The number of aliphatic imine (C=N–C) groups is 1. The molecule has 2 atom stereocenters. The highest BCUT2D eigenvalue weighted by atomic mass is 32.2. The van der Waals surface area contributed by atoms with Crippen LogP contribution in [0.25, 0.3) is 0 Å². The van der Waals surface area contributed by atoms with Crippen molar-refractivity contribution in [2.24, 2.45) is 4.99 Å². The van der Waals surface area contributed by atoms with Gasteiger partial charge in [-0.15, -0.1) is 0 Å². The summed E-state index contributed by atoms with van der Waals surface area (Å²) in [4.78, 5) is 6.30. The maximum atomic E-state index is 15.6. The third-order valence-corrected chi connectivity index (χ3v) is 10.5. The van der Waals surface area contributed by atoms with Gasteiger partial charge in [-0.2, -0.15) is 13.2 Å². The van der Waals surface area contributed by atoms with Gasteiger partial charge in [0.1, 0.15) is 39.7 Å². The van der Waals surface area contributed by atoms with Crippen molar-refractivity contribution in [3.8, 4) is 11.5 Å². The quantitative estimate of drug-likeness (QED) is 0.180. The lowest BCUT2D eigenvalue weighted by molar-refractivity contribution is -0.137. The molecule has 0 saturated heterocycles. The first-order valence-corrected chi connectivity index (χ1v) is 16.0. The Balaban J connectivity index is 1.74. The molecule has 5 rings (SSSR count). The lowest BCUT2D eigenvalue weighted by atomic mass is 9.84. The van der Waals surface area contributed by atoms with E-state index in [1.165, 1.54) is 21.3 Å². The first-order valence-electron chi connectivity index (χ1n) is 14.5. The number of hydrogen-bond acceptors (Lipinski definition) is 6. The molecule has 0 saturated carbocycles. The van der Waals surface area contributed by atoms with Gasteiger partial charge in [0.25, 0.3) is 0 Å². The zero-order chi connectivity index (χ0) is 35.0. The Morgan fingerprint density at radius 3 is 1.69 bits per heavy atom. The fraction of sp³-hybridized carbons (Fsp3) is 0.265. The molecular formula is C34H31F6N3O4S. The maximum absolute atomic E-state index is 15.6. The molecule has 1 heterocycles. The number of halogens is 6. The third kappa shape index (κ3) is 6.66. The van der Waals surface area contributed by atoms with Crippen molar-refractivity contribution in [1.29, 1.82) is 0 Å². The van der Waals surface area contributed by atoms with Crippen LogP contribution < -0.4 is 9.47 Å². The van der Waals surface area contributed by atoms with Gasteiger partial charge in [0.2, 0.25) is 16.0 Å². The summed E-state index contributed by atoms with van der Waals surface area (Å²) in [5.74, 6) is -3.13. The van der Waals surface area contributed by atoms with E-state index >= 15 is 8.78 Å². The second-order valence-corrected chi connectivity index (χ2v) is 13.4. The van der Waals surface area contributed by atoms with Crippen LogP contribution in [0.5, 0.6) is 11.5 Å². The van der Waals surface area contributed by atoms with E-state index < -0.39 is 55.6 Å². The Bertz CT molecular complexity index is 1850. The maximum Gasteiger partial charge on any atom is 0.416 e. The standard InChI is InChI=1S/C34H31F6N3O4S/c1-33(30-28(36)17-25(35)18-29(30)37)31(23-9-11-24(12-10-23)34(38,39)40)48(44,45)42(2)32(41-33)43(19-21-5-13-26(46-3)14-6-21)20-22-7-15-27(47-4)16-8-22/h5-18,31H,19-20H2,1-4H3. The van der Waals surface area contributed by atoms with Crippen molar-refractivity contribution in [2.45, 2.75) is 37.0 Å². The van der Waals surface area contributed by atoms with E-state index in [-0.39, 0.29) is 24.6 Å². The molecule has 1 aliphatic heterocycles. The van der Waals surface area contributed by atoms with Gasteiger partial charge in [-0.25, -0.2) is 30.9 Å². The largest absolute Gasteiger partial charge is 0.497 e. The van der Waals surface area contributed by atoms with Crippen molar-refractivity contribution < 1.29 is 44.2 Å². The first-order chi connectivity index (χ1) is 22.6. The molecule has 48 heavy (non-hydrogen) atoms. The summed E-state index contributed by atoms with van der Waals surface area (Å²) in [6.07, 6.45) is -4.73. The van der Waals surface area contributed by atoms with E-state index in [1.807, 2.05) is 0 Å². The van der Waals surface area contributed by atoms with Crippen LogP contribution in [-0.2, 0) is 34.8 Å². The molecule has 0 radical (unpaired) electrons. The second kappa shape index (κ2) is 13.1. The molecular weight excluding hydrogens is 660 g/mol. The van der Waals surface area contributed by atoms with Crippen LogP contribution in [0.4, 0.5) is 26.3 Å². The van der Waals surface area contributed by atoms with E-state index in [1.54, 1.807) is 53.4 Å². The van der Waals surface area contributed by atoms with Gasteiger partial charge in [0.05, 0.1) is 25.3 Å². The van der Waals surface area contributed by atoms with Gasteiger partial charge in [-0.3, -0.25) is 0 Å². The Labute approximate surface area is 274 Å². The summed E-state index contributed by atoms with van der Waals surface area (Å²) >= 11 is 0. The summed E-state index contributed by atoms with van der Waals surface area (Å²) < 4.78 is 126. The smallest absolute Gasteiger partial charge is 0.416 e. The van der Waals surface area contributed by atoms with Crippen molar-refractivity contribution in [3.63, 3.8) is 0 Å². The molecule has 0 fully saturated rings. The molecule has 4 aromatic rings. The van der Waals surface area contributed by atoms with Gasteiger partial charge >= 0.3 is 6.18 Å². The summed E-state index contributed by atoms with van der Waals surface area (Å²) in [6.45, 7) is 1.28. The van der Waals surface area contributed by atoms with E-state index in [0.29, 0.717) is 46.9 Å². The van der Waals surface area contributed by atoms with E-state index in [2.05, 4.69) is 0 Å². The van der Waals surface area contributed by atoms with Gasteiger partial charge in [0.15, 0.2) is 0 Å². The molecule has 0 N–H and O–H groups in total. The van der Waals surface area contributed by atoms with Crippen molar-refractivity contribution >= 4 is 16.0 Å². The van der Waals surface area contributed by atoms with Crippen LogP contribution in [0, 0.1) is 17.5 Å². The zero-order valence-corrected chi connectivity index (χ0v) is 27.0. The number of sulfonamides is 1. The number of methoxy groups -OCH3 is 2. The summed E-state index contributed by atoms with van der Waals surface area (Å²) in [5, 5.41) is -1.92. The Hall–Kier alpha value is -4.72. The molecule has 0 aliphatic carbocycles. The Morgan fingerprint density at radius 1 is 0.812 bits per heavy atom. The number of nitrogens with zero attached hydrogens (tertiary/aromatic N) is 3. The first kappa shape index (κ1) is 34.6. The number of guanidine groups is 1. The van der Waals surface area contributed by atoms with Crippen molar-refractivity contribution in [2.75, 3.05) is 21.3 Å². The predicted octanol–water partition coefficient (Wildman–Crippen LogP) is 7.43. The zero-order valence-electron chi connectivity index (χ0n) is 26.2. The van der Waals surface area contributed by atoms with Gasteiger partial charge in [0, 0.05) is 32.3 Å². The number of benzene rings is 4. The molecule has 0 bridgehead atoms. The Kier molecular flexibility index (Phi) is 9.42. The molecule has 1 aliphatic rings. The molecule has 2 unspecified atom stereocenters. The average molecular weight is 692 g/mol. The van der Waals surface area contributed by atoms with Crippen molar-refractivity contribution in [3.05, 3.63) is 130 Å².